The molecule has 1 aromatic rings. The summed E-state index contributed by atoms with van der Waals surface area (Å²) in [4.78, 5) is 2.42. The lowest BCUT2D eigenvalue weighted by molar-refractivity contribution is 0.00739. The topological polar surface area (TPSA) is 73.6 Å². The van der Waals surface area contributed by atoms with Crippen molar-refractivity contribution in [3.8, 4) is 6.07 Å². The fraction of sp³-hybridized carbons (Fsp3) is 0.611. The lowest BCUT2D eigenvalue weighted by Crippen LogP contribution is -2.40. The number of nitriles is 1. The zero-order valence-corrected chi connectivity index (χ0v) is 15.4. The van der Waals surface area contributed by atoms with Gasteiger partial charge in [0.05, 0.1) is 28.2 Å². The minimum Gasteiger partial charge on any atom is -0.370 e. The molecule has 25 heavy (non-hydrogen) atoms. The number of hydrogen-bond donors (Lipinski definition) is 0. The SMILES string of the molecule is CN(C)C[C@H]1[C@H]2CN(S(=O)(=O)c3ccc(C#N)cc3)C[C@]23CC[C@H]1O3. The highest BCUT2D eigenvalue weighted by atomic mass is 32.2. The van der Waals surface area contributed by atoms with E-state index < -0.39 is 10.0 Å². The van der Waals surface area contributed by atoms with E-state index in [0.717, 1.165) is 19.4 Å². The Balaban J connectivity index is 1.60. The van der Waals surface area contributed by atoms with Crippen molar-refractivity contribution in [1.82, 2.24) is 9.21 Å². The Hall–Kier alpha value is -1.46. The summed E-state index contributed by atoms with van der Waals surface area (Å²) in [5.74, 6) is 0.659. The van der Waals surface area contributed by atoms with Crippen LogP contribution < -0.4 is 0 Å². The molecule has 7 heteroatoms. The van der Waals surface area contributed by atoms with Crippen LogP contribution in [0.25, 0.3) is 0 Å². The molecule has 4 rings (SSSR count). The highest BCUT2D eigenvalue weighted by Gasteiger charge is 2.64. The van der Waals surface area contributed by atoms with Gasteiger partial charge in [0, 0.05) is 31.5 Å². The number of fused-ring (bicyclic) bond motifs is 1. The monoisotopic (exact) mass is 361 g/mol. The van der Waals surface area contributed by atoms with E-state index >= 15 is 0 Å². The minimum atomic E-state index is -3.56. The van der Waals surface area contributed by atoms with Crippen LogP contribution in [0.15, 0.2) is 29.2 Å². The third-order valence-electron chi connectivity index (χ3n) is 5.95. The van der Waals surface area contributed by atoms with Gasteiger partial charge in [-0.05, 0) is 51.2 Å². The standard InChI is InChI=1S/C18H23N3O3S/c1-20(2)10-15-16-11-21(12-18(16)8-7-17(15)24-18)25(22,23)14-5-3-13(9-19)4-6-14/h3-6,15-17H,7-8,10-12H2,1-2H3/t15-,16+,17+,18+/m0/s1. The largest absolute Gasteiger partial charge is 0.370 e. The first-order valence-corrected chi connectivity index (χ1v) is 10.1. The van der Waals surface area contributed by atoms with Gasteiger partial charge in [-0.3, -0.25) is 0 Å². The molecule has 0 aliphatic carbocycles. The normalized spacial score (nSPS) is 34.4. The summed E-state index contributed by atoms with van der Waals surface area (Å²) in [6.07, 6.45) is 2.25. The smallest absolute Gasteiger partial charge is 0.243 e. The van der Waals surface area contributed by atoms with Gasteiger partial charge in [-0.15, -0.1) is 0 Å². The van der Waals surface area contributed by atoms with Gasteiger partial charge in [0.2, 0.25) is 10.0 Å². The maximum absolute atomic E-state index is 13.0. The summed E-state index contributed by atoms with van der Waals surface area (Å²) in [5.41, 5.74) is 0.161. The third-order valence-corrected chi connectivity index (χ3v) is 7.78. The fourth-order valence-electron chi connectivity index (χ4n) is 4.85. The average Bonchev–Trinajstić information content (AvgIpc) is 3.24. The van der Waals surface area contributed by atoms with Gasteiger partial charge in [0.1, 0.15) is 0 Å². The minimum absolute atomic E-state index is 0.251. The summed E-state index contributed by atoms with van der Waals surface area (Å²) < 4.78 is 34.0. The molecule has 0 saturated carbocycles. The van der Waals surface area contributed by atoms with E-state index in [1.54, 1.807) is 16.4 Å². The van der Waals surface area contributed by atoms with Crippen molar-refractivity contribution in [2.75, 3.05) is 33.7 Å². The first-order valence-electron chi connectivity index (χ1n) is 8.69. The second kappa shape index (κ2) is 5.78. The van der Waals surface area contributed by atoms with E-state index in [0.29, 0.717) is 24.6 Å². The number of rotatable bonds is 4. The number of ether oxygens (including phenoxy) is 1. The lowest BCUT2D eigenvalue weighted by Gasteiger charge is -2.31. The number of benzene rings is 1. The second-order valence-corrected chi connectivity index (χ2v) is 9.66. The lowest BCUT2D eigenvalue weighted by atomic mass is 9.73. The fourth-order valence-corrected chi connectivity index (χ4v) is 6.37. The van der Waals surface area contributed by atoms with Gasteiger partial charge in [0.15, 0.2) is 0 Å². The molecule has 3 saturated heterocycles. The van der Waals surface area contributed by atoms with Crippen LogP contribution in [-0.2, 0) is 14.8 Å². The van der Waals surface area contributed by atoms with Gasteiger partial charge in [-0.25, -0.2) is 8.42 Å². The van der Waals surface area contributed by atoms with Gasteiger partial charge < -0.3 is 9.64 Å². The van der Waals surface area contributed by atoms with Crippen LogP contribution in [-0.4, -0.2) is 63.1 Å². The Morgan fingerprint density at radius 3 is 2.72 bits per heavy atom. The van der Waals surface area contributed by atoms with E-state index in [9.17, 15) is 8.42 Å². The summed E-state index contributed by atoms with van der Waals surface area (Å²) in [7, 11) is 0.552. The highest BCUT2D eigenvalue weighted by molar-refractivity contribution is 7.89. The van der Waals surface area contributed by atoms with Crippen molar-refractivity contribution in [2.24, 2.45) is 11.8 Å². The third kappa shape index (κ3) is 2.59. The molecule has 3 aliphatic heterocycles. The Morgan fingerprint density at radius 2 is 2.08 bits per heavy atom. The average molecular weight is 361 g/mol. The Kier molecular flexibility index (Phi) is 3.92. The molecule has 3 heterocycles. The molecular formula is C18H23N3O3S. The molecule has 0 radical (unpaired) electrons. The zero-order chi connectivity index (χ0) is 17.8. The molecule has 0 aromatic heterocycles. The molecule has 4 atom stereocenters. The van der Waals surface area contributed by atoms with Crippen molar-refractivity contribution in [1.29, 1.82) is 5.26 Å². The van der Waals surface area contributed by atoms with Gasteiger partial charge in [-0.1, -0.05) is 0 Å². The zero-order valence-electron chi connectivity index (χ0n) is 14.6. The van der Waals surface area contributed by atoms with Gasteiger partial charge >= 0.3 is 0 Å². The molecule has 1 spiro atoms. The van der Waals surface area contributed by atoms with Crippen LogP contribution in [0.4, 0.5) is 0 Å². The van der Waals surface area contributed by atoms with E-state index in [-0.39, 0.29) is 22.5 Å². The van der Waals surface area contributed by atoms with Gasteiger partial charge in [-0.2, -0.15) is 9.57 Å². The Bertz CT molecular complexity index is 815. The van der Waals surface area contributed by atoms with Crippen molar-refractivity contribution in [3.63, 3.8) is 0 Å². The van der Waals surface area contributed by atoms with Crippen LogP contribution in [0.3, 0.4) is 0 Å². The molecule has 0 unspecified atom stereocenters. The van der Waals surface area contributed by atoms with E-state index in [1.165, 1.54) is 12.1 Å². The first kappa shape index (κ1) is 17.0. The summed E-state index contributed by atoms with van der Waals surface area (Å²) in [5, 5.41) is 8.89. The maximum Gasteiger partial charge on any atom is 0.243 e. The molecule has 1 aromatic carbocycles. The molecule has 3 aliphatic rings. The molecule has 0 amide bonds. The summed E-state index contributed by atoms with van der Waals surface area (Å²) in [6.45, 7) is 1.90. The maximum atomic E-state index is 13.0. The predicted octanol–water partition coefficient (Wildman–Crippen LogP) is 1.29. The second-order valence-electron chi connectivity index (χ2n) is 7.73. The van der Waals surface area contributed by atoms with Crippen LogP contribution in [0.1, 0.15) is 18.4 Å². The number of nitrogens with zero attached hydrogens (tertiary/aromatic N) is 3. The van der Waals surface area contributed by atoms with Crippen molar-refractivity contribution >= 4 is 10.0 Å². The molecule has 134 valence electrons. The van der Waals surface area contributed by atoms with Crippen molar-refractivity contribution in [2.45, 2.75) is 29.4 Å². The predicted molar refractivity (Wildman–Crippen MR) is 92.3 cm³/mol. The van der Waals surface area contributed by atoms with Crippen LogP contribution in [0.5, 0.6) is 0 Å². The summed E-state index contributed by atoms with van der Waals surface area (Å²) in [6, 6.07) is 8.17. The quantitative estimate of drug-likeness (QED) is 0.808. The molecular weight excluding hydrogens is 338 g/mol. The Morgan fingerprint density at radius 1 is 1.36 bits per heavy atom. The van der Waals surface area contributed by atoms with Gasteiger partial charge in [0.25, 0.3) is 0 Å². The van der Waals surface area contributed by atoms with Crippen LogP contribution in [0.2, 0.25) is 0 Å². The number of hydrogen-bond acceptors (Lipinski definition) is 5. The number of sulfonamides is 1. The first-order chi connectivity index (χ1) is 11.9. The van der Waals surface area contributed by atoms with Crippen LogP contribution >= 0.6 is 0 Å². The molecule has 3 fully saturated rings. The van der Waals surface area contributed by atoms with Crippen molar-refractivity contribution in [3.05, 3.63) is 29.8 Å². The van der Waals surface area contributed by atoms with Crippen LogP contribution in [0, 0.1) is 23.2 Å². The Labute approximate surface area is 149 Å². The molecule has 0 N–H and O–H groups in total. The van der Waals surface area contributed by atoms with E-state index in [1.807, 2.05) is 6.07 Å². The highest BCUT2D eigenvalue weighted by Crippen LogP contribution is 2.55. The van der Waals surface area contributed by atoms with E-state index in [2.05, 4.69) is 19.0 Å². The van der Waals surface area contributed by atoms with Crippen molar-refractivity contribution < 1.29 is 13.2 Å². The summed E-state index contributed by atoms with van der Waals surface area (Å²) >= 11 is 0. The molecule has 6 nitrogen and oxygen atoms in total. The van der Waals surface area contributed by atoms with E-state index in [4.69, 9.17) is 10.00 Å². The molecule has 2 bridgehead atoms.